The van der Waals surface area contributed by atoms with E-state index < -0.39 is 0 Å². The summed E-state index contributed by atoms with van der Waals surface area (Å²) in [5, 5.41) is 3.63. The standard InChI is InChI=1S/C18H16N4OS/c1-24-18-15(5-3-9-20-18)17(23)22-11-13-6-7-16(21-10-13)14-4-2-8-19-12-14/h2-10,12H,11H2,1H3,(H,22,23). The molecule has 24 heavy (non-hydrogen) atoms. The van der Waals surface area contributed by atoms with Gasteiger partial charge in [0.15, 0.2) is 0 Å². The molecule has 0 aliphatic rings. The fourth-order valence-electron chi connectivity index (χ4n) is 2.22. The van der Waals surface area contributed by atoms with Gasteiger partial charge in [0.2, 0.25) is 0 Å². The minimum absolute atomic E-state index is 0.135. The minimum atomic E-state index is -0.135. The van der Waals surface area contributed by atoms with E-state index >= 15 is 0 Å². The maximum absolute atomic E-state index is 12.3. The second-order valence-corrected chi connectivity index (χ2v) is 5.83. The zero-order valence-electron chi connectivity index (χ0n) is 13.1. The van der Waals surface area contributed by atoms with Crippen LogP contribution < -0.4 is 5.32 Å². The lowest BCUT2D eigenvalue weighted by Gasteiger charge is -2.08. The van der Waals surface area contributed by atoms with Crippen molar-refractivity contribution in [2.45, 2.75) is 11.6 Å². The Morgan fingerprint density at radius 1 is 1.08 bits per heavy atom. The number of nitrogens with one attached hydrogen (secondary N) is 1. The number of nitrogens with zero attached hydrogens (tertiary/aromatic N) is 3. The van der Waals surface area contributed by atoms with Crippen LogP contribution in [-0.2, 0) is 6.54 Å². The highest BCUT2D eigenvalue weighted by molar-refractivity contribution is 7.98. The van der Waals surface area contributed by atoms with Gasteiger partial charge in [0.1, 0.15) is 5.03 Å². The summed E-state index contributed by atoms with van der Waals surface area (Å²) < 4.78 is 0. The van der Waals surface area contributed by atoms with Gasteiger partial charge in [-0.1, -0.05) is 6.07 Å². The molecule has 3 heterocycles. The Hall–Kier alpha value is -2.73. The van der Waals surface area contributed by atoms with Crippen LogP contribution in [0, 0.1) is 0 Å². The summed E-state index contributed by atoms with van der Waals surface area (Å²) in [4.78, 5) is 25.0. The van der Waals surface area contributed by atoms with E-state index in [1.54, 1.807) is 36.9 Å². The molecule has 0 fully saturated rings. The number of hydrogen-bond acceptors (Lipinski definition) is 5. The van der Waals surface area contributed by atoms with Gasteiger partial charge in [-0.25, -0.2) is 4.98 Å². The molecule has 0 saturated carbocycles. The molecule has 1 amide bonds. The number of aromatic nitrogens is 3. The van der Waals surface area contributed by atoms with Crippen molar-refractivity contribution >= 4 is 17.7 Å². The van der Waals surface area contributed by atoms with Gasteiger partial charge in [-0.2, -0.15) is 0 Å². The number of thioether (sulfide) groups is 1. The Labute approximate surface area is 144 Å². The lowest BCUT2D eigenvalue weighted by molar-refractivity contribution is 0.0947. The van der Waals surface area contributed by atoms with Crippen molar-refractivity contribution in [3.05, 3.63) is 72.3 Å². The van der Waals surface area contributed by atoms with Gasteiger partial charge in [-0.05, 0) is 42.2 Å². The summed E-state index contributed by atoms with van der Waals surface area (Å²) in [6, 6.07) is 11.3. The van der Waals surface area contributed by atoms with Crippen LogP contribution in [0.1, 0.15) is 15.9 Å². The zero-order chi connectivity index (χ0) is 16.8. The van der Waals surface area contributed by atoms with Crippen LogP contribution in [0.2, 0.25) is 0 Å². The molecule has 5 nitrogen and oxygen atoms in total. The summed E-state index contributed by atoms with van der Waals surface area (Å²) in [6.45, 7) is 0.419. The van der Waals surface area contributed by atoms with E-state index in [2.05, 4.69) is 20.3 Å². The second kappa shape index (κ2) is 7.70. The van der Waals surface area contributed by atoms with Crippen LogP contribution in [0.5, 0.6) is 0 Å². The van der Waals surface area contributed by atoms with Gasteiger partial charge in [0.05, 0.1) is 11.3 Å². The Kier molecular flexibility index (Phi) is 5.18. The van der Waals surface area contributed by atoms with Crippen LogP contribution in [0.3, 0.4) is 0 Å². The molecule has 0 spiro atoms. The van der Waals surface area contributed by atoms with Crippen LogP contribution in [0.15, 0.2) is 66.2 Å². The molecule has 0 saturated heterocycles. The molecule has 0 bridgehead atoms. The first-order valence-electron chi connectivity index (χ1n) is 7.40. The summed E-state index contributed by atoms with van der Waals surface area (Å²) >= 11 is 1.45. The maximum Gasteiger partial charge on any atom is 0.254 e. The van der Waals surface area contributed by atoms with Crippen LogP contribution in [0.25, 0.3) is 11.3 Å². The maximum atomic E-state index is 12.3. The Bertz CT molecular complexity index is 822. The molecule has 1 N–H and O–H groups in total. The zero-order valence-corrected chi connectivity index (χ0v) is 14.0. The molecule has 3 aromatic heterocycles. The van der Waals surface area contributed by atoms with Gasteiger partial charge in [0.25, 0.3) is 5.91 Å². The van der Waals surface area contributed by atoms with Crippen molar-refractivity contribution in [2.75, 3.05) is 6.26 Å². The summed E-state index contributed by atoms with van der Waals surface area (Å²) in [5.74, 6) is -0.135. The normalized spacial score (nSPS) is 10.4. The number of carbonyl (C=O) groups excluding carboxylic acids is 1. The van der Waals surface area contributed by atoms with E-state index in [0.29, 0.717) is 12.1 Å². The first-order chi connectivity index (χ1) is 11.8. The third-order valence-corrected chi connectivity index (χ3v) is 4.16. The summed E-state index contributed by atoms with van der Waals surface area (Å²) in [5.41, 5.74) is 3.35. The van der Waals surface area contributed by atoms with Gasteiger partial charge >= 0.3 is 0 Å². The average molecular weight is 336 g/mol. The summed E-state index contributed by atoms with van der Waals surface area (Å²) in [6.07, 6.45) is 8.86. The van der Waals surface area contributed by atoms with Crippen LogP contribution in [-0.4, -0.2) is 27.1 Å². The Morgan fingerprint density at radius 2 is 1.96 bits per heavy atom. The van der Waals surface area contributed by atoms with Crippen molar-refractivity contribution in [3.63, 3.8) is 0 Å². The molecular formula is C18H16N4OS. The third-order valence-electron chi connectivity index (χ3n) is 3.44. The largest absolute Gasteiger partial charge is 0.348 e. The van der Waals surface area contributed by atoms with Crippen molar-refractivity contribution in [2.24, 2.45) is 0 Å². The van der Waals surface area contributed by atoms with E-state index in [0.717, 1.165) is 21.8 Å². The van der Waals surface area contributed by atoms with Gasteiger partial charge < -0.3 is 5.32 Å². The fraction of sp³-hybridized carbons (Fsp3) is 0.111. The topological polar surface area (TPSA) is 67.8 Å². The Morgan fingerprint density at radius 3 is 2.67 bits per heavy atom. The molecule has 3 rings (SSSR count). The van der Waals surface area contributed by atoms with Gasteiger partial charge in [0, 0.05) is 36.9 Å². The van der Waals surface area contributed by atoms with E-state index in [-0.39, 0.29) is 5.91 Å². The number of amides is 1. The van der Waals surface area contributed by atoms with E-state index in [1.165, 1.54) is 11.8 Å². The lowest BCUT2D eigenvalue weighted by atomic mass is 10.1. The van der Waals surface area contributed by atoms with Gasteiger partial charge in [-0.15, -0.1) is 11.8 Å². The van der Waals surface area contributed by atoms with E-state index in [4.69, 9.17) is 0 Å². The smallest absolute Gasteiger partial charge is 0.254 e. The molecule has 0 atom stereocenters. The number of rotatable bonds is 5. The molecule has 0 aliphatic carbocycles. The highest BCUT2D eigenvalue weighted by Crippen LogP contribution is 2.17. The minimum Gasteiger partial charge on any atom is -0.348 e. The molecular weight excluding hydrogens is 320 g/mol. The Balaban J connectivity index is 1.66. The lowest BCUT2D eigenvalue weighted by Crippen LogP contribution is -2.23. The number of carbonyl (C=O) groups is 1. The van der Waals surface area contributed by atoms with Crippen LogP contribution in [0.4, 0.5) is 0 Å². The van der Waals surface area contributed by atoms with Crippen LogP contribution >= 0.6 is 11.8 Å². The SMILES string of the molecule is CSc1ncccc1C(=O)NCc1ccc(-c2cccnc2)nc1. The van der Waals surface area contributed by atoms with Crippen molar-refractivity contribution < 1.29 is 4.79 Å². The molecule has 6 heteroatoms. The monoisotopic (exact) mass is 336 g/mol. The first-order valence-corrected chi connectivity index (χ1v) is 8.63. The first kappa shape index (κ1) is 16.1. The predicted molar refractivity (Wildman–Crippen MR) is 94.7 cm³/mol. The van der Waals surface area contributed by atoms with Crippen molar-refractivity contribution in [3.8, 4) is 11.3 Å². The molecule has 0 unspecified atom stereocenters. The highest BCUT2D eigenvalue weighted by Gasteiger charge is 2.11. The molecule has 0 radical (unpaired) electrons. The fourth-order valence-corrected chi connectivity index (χ4v) is 2.76. The van der Waals surface area contributed by atoms with Gasteiger partial charge in [-0.3, -0.25) is 14.8 Å². The van der Waals surface area contributed by atoms with E-state index in [1.807, 2.05) is 30.5 Å². The van der Waals surface area contributed by atoms with E-state index in [9.17, 15) is 4.79 Å². The number of pyridine rings is 3. The molecule has 0 aromatic carbocycles. The second-order valence-electron chi connectivity index (χ2n) is 5.04. The van der Waals surface area contributed by atoms with Crippen molar-refractivity contribution in [1.82, 2.24) is 20.3 Å². The highest BCUT2D eigenvalue weighted by atomic mass is 32.2. The quantitative estimate of drug-likeness (QED) is 0.725. The third kappa shape index (κ3) is 3.78. The number of hydrogen-bond donors (Lipinski definition) is 1. The average Bonchev–Trinajstić information content (AvgIpc) is 2.67. The molecule has 0 aliphatic heterocycles. The van der Waals surface area contributed by atoms with Crippen molar-refractivity contribution in [1.29, 1.82) is 0 Å². The molecule has 120 valence electrons. The summed E-state index contributed by atoms with van der Waals surface area (Å²) in [7, 11) is 0. The predicted octanol–water partition coefficient (Wildman–Crippen LogP) is 3.19. The molecule has 3 aromatic rings.